The number of carbonyl (C=O) groups excluding carboxylic acids is 2. The lowest BCUT2D eigenvalue weighted by Crippen LogP contribution is -2.25. The van der Waals surface area contributed by atoms with Crippen LogP contribution in [0.3, 0.4) is 0 Å². The van der Waals surface area contributed by atoms with E-state index in [1.165, 1.54) is 21.1 Å². The Morgan fingerprint density at radius 2 is 1.92 bits per heavy atom. The minimum absolute atomic E-state index is 0.0267. The Morgan fingerprint density at radius 1 is 1.23 bits per heavy atom. The largest absolute Gasteiger partial charge is 0.493 e. The number of ketones is 1. The minimum atomic E-state index is -0.258. The van der Waals surface area contributed by atoms with Crippen molar-refractivity contribution in [1.29, 1.82) is 0 Å². The van der Waals surface area contributed by atoms with Gasteiger partial charge in [0.25, 0.3) is 0 Å². The smallest absolute Gasteiger partial charge is 0.246 e. The van der Waals surface area contributed by atoms with Crippen LogP contribution in [0.4, 0.5) is 0 Å². The molecule has 1 N–H and O–H groups in total. The summed E-state index contributed by atoms with van der Waals surface area (Å²) in [5.74, 6) is 1.97. The molecule has 1 heterocycles. The first-order valence-electron chi connectivity index (χ1n) is 8.36. The molecule has 0 saturated heterocycles. The molecule has 0 spiro atoms. The third kappa shape index (κ3) is 4.01. The van der Waals surface area contributed by atoms with Gasteiger partial charge in [0.1, 0.15) is 0 Å². The van der Waals surface area contributed by atoms with Crippen LogP contribution in [0.15, 0.2) is 16.7 Å². The van der Waals surface area contributed by atoms with E-state index in [1.54, 1.807) is 12.1 Å². The number of hydrogen-bond acceptors (Lipinski definition) is 7. The fourth-order valence-corrected chi connectivity index (χ4v) is 2.65. The van der Waals surface area contributed by atoms with Gasteiger partial charge in [-0.3, -0.25) is 9.59 Å². The van der Waals surface area contributed by atoms with E-state index in [0.717, 1.165) is 12.8 Å². The van der Waals surface area contributed by atoms with E-state index in [1.807, 2.05) is 0 Å². The molecule has 1 amide bonds. The second-order valence-electron chi connectivity index (χ2n) is 6.19. The number of hydrogen-bond donors (Lipinski definition) is 1. The number of methoxy groups -OCH3 is 2. The summed E-state index contributed by atoms with van der Waals surface area (Å²) in [6.07, 6.45) is 2.19. The highest BCUT2D eigenvalue weighted by Gasteiger charge is 2.28. The van der Waals surface area contributed by atoms with Gasteiger partial charge in [0.15, 0.2) is 23.1 Å². The van der Waals surface area contributed by atoms with Crippen LogP contribution in [-0.4, -0.2) is 36.1 Å². The van der Waals surface area contributed by atoms with Crippen molar-refractivity contribution in [1.82, 2.24) is 15.5 Å². The predicted molar refractivity (Wildman–Crippen MR) is 91.4 cm³/mol. The molecular formula is C18H21N3O5. The van der Waals surface area contributed by atoms with Crippen LogP contribution >= 0.6 is 0 Å². The van der Waals surface area contributed by atoms with Gasteiger partial charge in [-0.05, 0) is 37.5 Å². The highest BCUT2D eigenvalue weighted by atomic mass is 16.5. The van der Waals surface area contributed by atoms with Gasteiger partial charge in [-0.15, -0.1) is 0 Å². The van der Waals surface area contributed by atoms with Gasteiger partial charge in [-0.1, -0.05) is 5.16 Å². The first-order valence-corrected chi connectivity index (χ1v) is 8.36. The molecule has 138 valence electrons. The maximum Gasteiger partial charge on any atom is 0.246 e. The average molecular weight is 359 g/mol. The second-order valence-corrected chi connectivity index (χ2v) is 6.19. The molecule has 1 fully saturated rings. The molecule has 0 bridgehead atoms. The SMILES string of the molecule is COc1cc(CC(=O)NCc2nc(C3CC3)no2)c(C(C)=O)cc1OC. The van der Waals surface area contributed by atoms with Crippen molar-refractivity contribution in [2.24, 2.45) is 0 Å². The van der Waals surface area contributed by atoms with Crippen LogP contribution in [0.2, 0.25) is 0 Å². The van der Waals surface area contributed by atoms with E-state index in [0.29, 0.717) is 40.3 Å². The summed E-state index contributed by atoms with van der Waals surface area (Å²) in [5, 5.41) is 6.64. The number of benzene rings is 1. The molecular weight excluding hydrogens is 338 g/mol. The number of amides is 1. The number of carbonyl (C=O) groups is 2. The molecule has 1 aromatic carbocycles. The monoisotopic (exact) mass is 359 g/mol. The molecule has 1 aliphatic rings. The van der Waals surface area contributed by atoms with Crippen LogP contribution in [0.1, 0.15) is 53.3 Å². The van der Waals surface area contributed by atoms with Crippen molar-refractivity contribution in [3.63, 3.8) is 0 Å². The molecule has 8 heteroatoms. The number of aromatic nitrogens is 2. The zero-order chi connectivity index (χ0) is 18.7. The Hall–Kier alpha value is -2.90. The van der Waals surface area contributed by atoms with E-state index >= 15 is 0 Å². The molecule has 0 aliphatic heterocycles. The van der Waals surface area contributed by atoms with E-state index in [9.17, 15) is 9.59 Å². The number of Topliss-reactive ketones (excluding diaryl/α,β-unsaturated/α-hetero) is 1. The normalized spacial score (nSPS) is 13.3. The standard InChI is InChI=1S/C18H21N3O5/c1-10(22)13-8-15(25-3)14(24-2)6-12(13)7-16(23)19-9-17-20-18(21-26-17)11-4-5-11/h6,8,11H,4-5,7,9H2,1-3H3,(H,19,23). The Morgan fingerprint density at radius 3 is 2.54 bits per heavy atom. The second kappa shape index (κ2) is 7.55. The fourth-order valence-electron chi connectivity index (χ4n) is 2.65. The van der Waals surface area contributed by atoms with Crippen molar-refractivity contribution < 1.29 is 23.6 Å². The van der Waals surface area contributed by atoms with Crippen LogP contribution in [-0.2, 0) is 17.8 Å². The molecule has 0 unspecified atom stereocenters. The predicted octanol–water partition coefficient (Wildman–Crippen LogP) is 2.03. The Bertz CT molecular complexity index is 826. The Balaban J connectivity index is 1.67. The highest BCUT2D eigenvalue weighted by Crippen LogP contribution is 2.38. The molecule has 1 aliphatic carbocycles. The molecule has 0 atom stereocenters. The number of nitrogens with one attached hydrogen (secondary N) is 1. The van der Waals surface area contributed by atoms with Crippen LogP contribution in [0.25, 0.3) is 0 Å². The first-order chi connectivity index (χ1) is 12.5. The van der Waals surface area contributed by atoms with E-state index in [2.05, 4.69) is 15.5 Å². The first kappa shape index (κ1) is 17.9. The van der Waals surface area contributed by atoms with E-state index in [-0.39, 0.29) is 24.7 Å². The highest BCUT2D eigenvalue weighted by molar-refractivity contribution is 5.97. The molecule has 26 heavy (non-hydrogen) atoms. The lowest BCUT2D eigenvalue weighted by Gasteiger charge is -2.13. The summed E-state index contributed by atoms with van der Waals surface area (Å²) >= 11 is 0. The molecule has 1 saturated carbocycles. The maximum atomic E-state index is 12.3. The summed E-state index contributed by atoms with van der Waals surface area (Å²) in [4.78, 5) is 28.5. The Kier molecular flexibility index (Phi) is 5.20. The number of ether oxygens (including phenoxy) is 2. The summed E-state index contributed by atoms with van der Waals surface area (Å²) in [6, 6.07) is 3.23. The van der Waals surface area contributed by atoms with Gasteiger partial charge in [-0.2, -0.15) is 4.98 Å². The third-order valence-electron chi connectivity index (χ3n) is 4.20. The van der Waals surface area contributed by atoms with Gasteiger partial charge in [0.2, 0.25) is 11.8 Å². The van der Waals surface area contributed by atoms with Gasteiger partial charge in [0.05, 0.1) is 27.2 Å². The zero-order valence-electron chi connectivity index (χ0n) is 15.0. The lowest BCUT2D eigenvalue weighted by molar-refractivity contribution is -0.120. The molecule has 0 radical (unpaired) electrons. The van der Waals surface area contributed by atoms with E-state index in [4.69, 9.17) is 14.0 Å². The van der Waals surface area contributed by atoms with Gasteiger partial charge < -0.3 is 19.3 Å². The minimum Gasteiger partial charge on any atom is -0.493 e. The van der Waals surface area contributed by atoms with Crippen molar-refractivity contribution in [2.75, 3.05) is 14.2 Å². The van der Waals surface area contributed by atoms with Gasteiger partial charge >= 0.3 is 0 Å². The van der Waals surface area contributed by atoms with Crippen molar-refractivity contribution in [3.8, 4) is 11.5 Å². The molecule has 1 aromatic heterocycles. The average Bonchev–Trinajstić information content (AvgIpc) is 3.37. The quantitative estimate of drug-likeness (QED) is 0.719. The Labute approximate surface area is 150 Å². The van der Waals surface area contributed by atoms with Gasteiger partial charge in [0, 0.05) is 11.5 Å². The zero-order valence-corrected chi connectivity index (χ0v) is 15.0. The summed E-state index contributed by atoms with van der Waals surface area (Å²) in [5.41, 5.74) is 0.989. The molecule has 2 aromatic rings. The molecule has 8 nitrogen and oxygen atoms in total. The summed E-state index contributed by atoms with van der Waals surface area (Å²) in [7, 11) is 3.00. The summed E-state index contributed by atoms with van der Waals surface area (Å²) < 4.78 is 15.6. The topological polar surface area (TPSA) is 104 Å². The van der Waals surface area contributed by atoms with Crippen LogP contribution in [0, 0.1) is 0 Å². The van der Waals surface area contributed by atoms with Crippen molar-refractivity contribution >= 4 is 11.7 Å². The van der Waals surface area contributed by atoms with Crippen molar-refractivity contribution in [2.45, 2.75) is 38.6 Å². The maximum absolute atomic E-state index is 12.3. The third-order valence-corrected chi connectivity index (χ3v) is 4.20. The number of nitrogens with zero attached hydrogens (tertiary/aromatic N) is 2. The van der Waals surface area contributed by atoms with Crippen LogP contribution in [0.5, 0.6) is 11.5 Å². The van der Waals surface area contributed by atoms with Crippen molar-refractivity contribution in [3.05, 3.63) is 35.0 Å². The summed E-state index contributed by atoms with van der Waals surface area (Å²) in [6.45, 7) is 1.60. The number of rotatable bonds is 8. The lowest BCUT2D eigenvalue weighted by atomic mass is 10.00. The van der Waals surface area contributed by atoms with Crippen LogP contribution < -0.4 is 14.8 Å². The van der Waals surface area contributed by atoms with Gasteiger partial charge in [-0.25, -0.2) is 0 Å². The molecule has 3 rings (SSSR count). The fraction of sp³-hybridized carbons (Fsp3) is 0.444. The van der Waals surface area contributed by atoms with E-state index < -0.39 is 0 Å².